The molecule has 0 aliphatic heterocycles. The molecule has 20 heavy (non-hydrogen) atoms. The van der Waals surface area contributed by atoms with E-state index in [0.29, 0.717) is 12.5 Å². The Morgan fingerprint density at radius 1 is 1.50 bits per heavy atom. The number of nitrogens with one attached hydrogen (secondary N) is 2. The molecule has 1 amide bonds. The molecule has 1 heterocycles. The van der Waals surface area contributed by atoms with Gasteiger partial charge in [-0.3, -0.25) is 4.79 Å². The van der Waals surface area contributed by atoms with E-state index in [2.05, 4.69) is 15.6 Å². The molecule has 2 rings (SSSR count). The van der Waals surface area contributed by atoms with E-state index in [-0.39, 0.29) is 42.7 Å². The molecule has 0 saturated heterocycles. The molecule has 7 heteroatoms. The zero-order valence-corrected chi connectivity index (χ0v) is 14.5. The van der Waals surface area contributed by atoms with E-state index in [1.165, 1.54) is 12.8 Å². The van der Waals surface area contributed by atoms with Crippen molar-refractivity contribution < 1.29 is 4.79 Å². The zero-order chi connectivity index (χ0) is 13.1. The van der Waals surface area contributed by atoms with Gasteiger partial charge in [0.25, 0.3) is 0 Å². The van der Waals surface area contributed by atoms with Gasteiger partial charge in [0.15, 0.2) is 0 Å². The standard InChI is InChI=1S/C13H21N3OS.2ClH/c1-8(6-14-3)12(17)16-11(10-4-5-10)13-15-9(2)7-18-13;;/h7-8,10-11,14H,4-6H2,1-3H3,(H,16,17);2*1H. The first-order chi connectivity index (χ1) is 8.61. The van der Waals surface area contributed by atoms with Crippen molar-refractivity contribution in [1.29, 1.82) is 0 Å². The van der Waals surface area contributed by atoms with Crippen LogP contribution in [0.4, 0.5) is 0 Å². The molecule has 2 atom stereocenters. The van der Waals surface area contributed by atoms with Crippen LogP contribution in [0.3, 0.4) is 0 Å². The highest BCUT2D eigenvalue weighted by Gasteiger charge is 2.35. The minimum Gasteiger partial charge on any atom is -0.346 e. The molecule has 0 aromatic carbocycles. The van der Waals surface area contributed by atoms with Gasteiger partial charge in [0.2, 0.25) is 5.91 Å². The number of amides is 1. The van der Waals surface area contributed by atoms with Gasteiger partial charge in [-0.05, 0) is 32.7 Å². The van der Waals surface area contributed by atoms with E-state index >= 15 is 0 Å². The summed E-state index contributed by atoms with van der Waals surface area (Å²) in [5, 5.41) is 9.30. The average Bonchev–Trinajstić information content (AvgIpc) is 3.08. The van der Waals surface area contributed by atoms with E-state index in [0.717, 1.165) is 10.7 Å². The third-order valence-corrected chi connectivity index (χ3v) is 4.30. The molecule has 116 valence electrons. The number of hydrogen-bond acceptors (Lipinski definition) is 4. The first-order valence-electron chi connectivity index (χ1n) is 6.48. The van der Waals surface area contributed by atoms with Crippen molar-refractivity contribution in [2.45, 2.75) is 32.7 Å². The summed E-state index contributed by atoms with van der Waals surface area (Å²) < 4.78 is 0. The molecular formula is C13H23Cl2N3OS. The molecule has 1 aromatic heterocycles. The van der Waals surface area contributed by atoms with Gasteiger partial charge < -0.3 is 10.6 Å². The zero-order valence-electron chi connectivity index (χ0n) is 12.0. The summed E-state index contributed by atoms with van der Waals surface area (Å²) in [7, 11) is 1.87. The second kappa shape index (κ2) is 8.82. The molecule has 1 aliphatic rings. The highest BCUT2D eigenvalue weighted by molar-refractivity contribution is 7.09. The largest absolute Gasteiger partial charge is 0.346 e. The van der Waals surface area contributed by atoms with Gasteiger partial charge in [-0.25, -0.2) is 4.98 Å². The fraction of sp³-hybridized carbons (Fsp3) is 0.692. The summed E-state index contributed by atoms with van der Waals surface area (Å²) in [5.41, 5.74) is 1.04. The number of rotatable bonds is 6. The van der Waals surface area contributed by atoms with Crippen LogP contribution in [0.5, 0.6) is 0 Å². The number of halogens is 2. The molecular weight excluding hydrogens is 317 g/mol. The number of carbonyl (C=O) groups is 1. The lowest BCUT2D eigenvalue weighted by molar-refractivity contribution is -0.125. The van der Waals surface area contributed by atoms with Crippen LogP contribution in [0, 0.1) is 18.8 Å². The highest BCUT2D eigenvalue weighted by atomic mass is 35.5. The first kappa shape index (κ1) is 19.6. The average molecular weight is 340 g/mol. The van der Waals surface area contributed by atoms with Gasteiger partial charge in [-0.2, -0.15) is 0 Å². The monoisotopic (exact) mass is 339 g/mol. The van der Waals surface area contributed by atoms with Crippen LogP contribution in [0.15, 0.2) is 5.38 Å². The highest BCUT2D eigenvalue weighted by Crippen LogP contribution is 2.41. The molecule has 2 N–H and O–H groups in total. The Kier molecular flexibility index (Phi) is 8.66. The number of carbonyl (C=O) groups excluding carboxylic acids is 1. The number of thiazole rings is 1. The third-order valence-electron chi connectivity index (χ3n) is 3.25. The number of hydrogen-bond donors (Lipinski definition) is 2. The van der Waals surface area contributed by atoms with Gasteiger partial charge in [0.05, 0.1) is 6.04 Å². The Morgan fingerprint density at radius 2 is 2.15 bits per heavy atom. The van der Waals surface area contributed by atoms with Crippen molar-refractivity contribution in [3.05, 3.63) is 16.1 Å². The quantitative estimate of drug-likeness (QED) is 0.837. The van der Waals surface area contributed by atoms with Crippen LogP contribution in [-0.4, -0.2) is 24.5 Å². The number of nitrogens with zero attached hydrogens (tertiary/aromatic N) is 1. The first-order valence-corrected chi connectivity index (χ1v) is 7.36. The Morgan fingerprint density at radius 3 is 2.60 bits per heavy atom. The van der Waals surface area contributed by atoms with Gasteiger partial charge in [0.1, 0.15) is 5.01 Å². The lowest BCUT2D eigenvalue weighted by atomic mass is 10.1. The fourth-order valence-corrected chi connectivity index (χ4v) is 2.96. The number of aryl methyl sites for hydroxylation is 1. The Hall–Kier alpha value is -0.360. The maximum Gasteiger partial charge on any atom is 0.224 e. The van der Waals surface area contributed by atoms with Crippen molar-refractivity contribution >= 4 is 42.1 Å². The van der Waals surface area contributed by atoms with Crippen molar-refractivity contribution in [2.75, 3.05) is 13.6 Å². The van der Waals surface area contributed by atoms with E-state index in [9.17, 15) is 4.79 Å². The smallest absolute Gasteiger partial charge is 0.224 e. The predicted molar refractivity (Wildman–Crippen MR) is 88.0 cm³/mol. The summed E-state index contributed by atoms with van der Waals surface area (Å²) in [5.74, 6) is 0.702. The van der Waals surface area contributed by atoms with Gasteiger partial charge in [0, 0.05) is 23.5 Å². The molecule has 1 saturated carbocycles. The molecule has 1 aromatic rings. The molecule has 0 spiro atoms. The van der Waals surface area contributed by atoms with Crippen molar-refractivity contribution in [2.24, 2.45) is 11.8 Å². The molecule has 1 fully saturated rings. The summed E-state index contributed by atoms with van der Waals surface area (Å²) in [6, 6.07) is 0.121. The molecule has 4 nitrogen and oxygen atoms in total. The third kappa shape index (κ3) is 5.20. The summed E-state index contributed by atoms with van der Waals surface area (Å²) in [4.78, 5) is 16.6. The molecule has 0 bridgehead atoms. The van der Waals surface area contributed by atoms with Gasteiger partial charge in [-0.1, -0.05) is 6.92 Å². The SMILES string of the molecule is CNCC(C)C(=O)NC(c1nc(C)cs1)C1CC1.Cl.Cl. The maximum absolute atomic E-state index is 12.1. The van der Waals surface area contributed by atoms with E-state index in [1.807, 2.05) is 26.3 Å². The Bertz CT molecular complexity index is 424. The van der Waals surface area contributed by atoms with Crippen molar-refractivity contribution in [3.8, 4) is 0 Å². The summed E-state index contributed by atoms with van der Waals surface area (Å²) >= 11 is 1.65. The molecule has 2 unspecified atom stereocenters. The van der Waals surface area contributed by atoms with Crippen LogP contribution in [0.1, 0.15) is 36.5 Å². The lowest BCUT2D eigenvalue weighted by Crippen LogP contribution is -2.37. The Labute approximate surface area is 137 Å². The Balaban J connectivity index is 0.00000180. The normalized spacial score (nSPS) is 16.6. The second-order valence-electron chi connectivity index (χ2n) is 5.11. The molecule has 0 radical (unpaired) electrons. The number of aromatic nitrogens is 1. The van der Waals surface area contributed by atoms with E-state index in [1.54, 1.807) is 11.3 Å². The van der Waals surface area contributed by atoms with Crippen LogP contribution in [0.25, 0.3) is 0 Å². The fourth-order valence-electron chi connectivity index (χ4n) is 2.02. The predicted octanol–water partition coefficient (Wildman–Crippen LogP) is 2.72. The van der Waals surface area contributed by atoms with E-state index < -0.39 is 0 Å². The summed E-state index contributed by atoms with van der Waals surface area (Å²) in [6.07, 6.45) is 2.40. The van der Waals surface area contributed by atoms with Crippen molar-refractivity contribution in [3.63, 3.8) is 0 Å². The van der Waals surface area contributed by atoms with Crippen LogP contribution < -0.4 is 10.6 Å². The van der Waals surface area contributed by atoms with E-state index in [4.69, 9.17) is 0 Å². The second-order valence-corrected chi connectivity index (χ2v) is 6.00. The summed E-state index contributed by atoms with van der Waals surface area (Å²) in [6.45, 7) is 4.65. The van der Waals surface area contributed by atoms with Crippen LogP contribution in [-0.2, 0) is 4.79 Å². The van der Waals surface area contributed by atoms with Gasteiger partial charge >= 0.3 is 0 Å². The van der Waals surface area contributed by atoms with Crippen LogP contribution in [0.2, 0.25) is 0 Å². The minimum absolute atomic E-state index is 0. The molecule has 1 aliphatic carbocycles. The van der Waals surface area contributed by atoms with Crippen LogP contribution >= 0.6 is 36.2 Å². The lowest BCUT2D eigenvalue weighted by Gasteiger charge is -2.19. The van der Waals surface area contributed by atoms with Crippen molar-refractivity contribution in [1.82, 2.24) is 15.6 Å². The topological polar surface area (TPSA) is 54.0 Å². The van der Waals surface area contributed by atoms with Gasteiger partial charge in [-0.15, -0.1) is 36.2 Å². The maximum atomic E-state index is 12.1. The minimum atomic E-state index is -0.00249.